The number of fused-ring (bicyclic) bond motifs is 1. The van der Waals surface area contributed by atoms with Gasteiger partial charge in [0, 0.05) is 16.5 Å². The zero-order valence-corrected chi connectivity index (χ0v) is 17.8. The molecule has 0 bridgehead atoms. The van der Waals surface area contributed by atoms with E-state index in [1.54, 1.807) is 6.07 Å². The first-order valence-corrected chi connectivity index (χ1v) is 10.5. The van der Waals surface area contributed by atoms with E-state index in [2.05, 4.69) is 29.2 Å². The van der Waals surface area contributed by atoms with Crippen LogP contribution in [0.25, 0.3) is 33.8 Å². The Morgan fingerprint density at radius 3 is 2.39 bits per heavy atom. The zero-order chi connectivity index (χ0) is 22.0. The van der Waals surface area contributed by atoms with E-state index in [0.717, 1.165) is 41.3 Å². The highest BCUT2D eigenvalue weighted by Gasteiger charge is 2.30. The van der Waals surface area contributed by atoms with Gasteiger partial charge in [-0.2, -0.15) is 4.98 Å². The van der Waals surface area contributed by atoms with Gasteiger partial charge in [-0.25, -0.2) is 0 Å². The maximum atomic E-state index is 9.60. The van der Waals surface area contributed by atoms with Crippen LogP contribution in [0.15, 0.2) is 51.4 Å². The zero-order valence-electron chi connectivity index (χ0n) is 17.8. The highest BCUT2D eigenvalue weighted by atomic mass is 16.5. The first kappa shape index (κ1) is 21.2. The predicted octanol–water partition coefficient (Wildman–Crippen LogP) is 3.80. The fraction of sp³-hybridized carbons (Fsp3) is 0.333. The Kier molecular flexibility index (Phi) is 5.91. The first-order chi connectivity index (χ1) is 15.0. The number of furan rings is 1. The van der Waals surface area contributed by atoms with Gasteiger partial charge in [0.05, 0.1) is 13.2 Å². The molecule has 0 aliphatic heterocycles. The fourth-order valence-electron chi connectivity index (χ4n) is 3.63. The van der Waals surface area contributed by atoms with Gasteiger partial charge in [0.15, 0.2) is 0 Å². The molecule has 4 aromatic rings. The van der Waals surface area contributed by atoms with Crippen LogP contribution in [-0.4, -0.2) is 33.6 Å². The number of hydrogen-bond donors (Lipinski definition) is 3. The molecule has 7 nitrogen and oxygen atoms in total. The van der Waals surface area contributed by atoms with E-state index >= 15 is 0 Å². The van der Waals surface area contributed by atoms with Crippen LogP contribution in [0.1, 0.15) is 37.2 Å². The summed E-state index contributed by atoms with van der Waals surface area (Å²) in [5.74, 6) is 1.28. The number of benzene rings is 2. The summed E-state index contributed by atoms with van der Waals surface area (Å²) in [5, 5.41) is 24.2. The topological polar surface area (TPSA) is 119 Å². The van der Waals surface area contributed by atoms with Gasteiger partial charge in [-0.05, 0) is 54.3 Å². The number of aryl methyl sites for hydroxylation is 2. The van der Waals surface area contributed by atoms with Crippen molar-refractivity contribution in [3.8, 4) is 22.8 Å². The van der Waals surface area contributed by atoms with Gasteiger partial charge in [-0.15, -0.1) is 0 Å². The average Bonchev–Trinajstić information content (AvgIpc) is 3.46. The van der Waals surface area contributed by atoms with E-state index in [4.69, 9.17) is 14.7 Å². The minimum atomic E-state index is -1.34. The van der Waals surface area contributed by atoms with Crippen LogP contribution in [0.5, 0.6) is 0 Å². The Balaban J connectivity index is 1.71. The number of nitrogens with two attached hydrogens (primary N) is 1. The van der Waals surface area contributed by atoms with Crippen molar-refractivity contribution in [2.45, 2.75) is 38.6 Å². The average molecular weight is 421 g/mol. The molecule has 0 saturated carbocycles. The van der Waals surface area contributed by atoms with E-state index in [1.807, 2.05) is 31.2 Å². The molecule has 162 valence electrons. The van der Waals surface area contributed by atoms with E-state index in [-0.39, 0.29) is 0 Å². The molecule has 7 heteroatoms. The van der Waals surface area contributed by atoms with Crippen molar-refractivity contribution in [3.63, 3.8) is 0 Å². The predicted molar refractivity (Wildman–Crippen MR) is 118 cm³/mol. The van der Waals surface area contributed by atoms with Gasteiger partial charge in [0.1, 0.15) is 16.9 Å². The van der Waals surface area contributed by atoms with Crippen molar-refractivity contribution in [1.29, 1.82) is 0 Å². The van der Waals surface area contributed by atoms with Crippen molar-refractivity contribution in [1.82, 2.24) is 10.1 Å². The van der Waals surface area contributed by atoms with Crippen molar-refractivity contribution >= 4 is 11.0 Å². The Bertz CT molecular complexity index is 1170. The van der Waals surface area contributed by atoms with Crippen LogP contribution in [0.2, 0.25) is 0 Å². The number of aliphatic hydroxyl groups excluding tert-OH is 2. The van der Waals surface area contributed by atoms with E-state index in [1.165, 1.54) is 5.56 Å². The second-order valence-corrected chi connectivity index (χ2v) is 7.86. The standard InChI is InChI=1S/C24H27N3O4/c1-3-5-15-6-8-17(9-7-15)23-26-22(27-31-23)19-10-16(4-2)21-18(11-19)12-20(30-21)24(25,13-28)14-29/h6-12,28-29H,3-5,13-14,25H2,1-2H3. The quantitative estimate of drug-likeness (QED) is 0.396. The smallest absolute Gasteiger partial charge is 0.258 e. The lowest BCUT2D eigenvalue weighted by molar-refractivity contribution is 0.105. The van der Waals surface area contributed by atoms with Gasteiger partial charge < -0.3 is 24.9 Å². The molecular weight excluding hydrogens is 394 g/mol. The van der Waals surface area contributed by atoms with Crippen LogP contribution in [0.3, 0.4) is 0 Å². The summed E-state index contributed by atoms with van der Waals surface area (Å²) in [7, 11) is 0. The molecule has 4 N–H and O–H groups in total. The molecule has 2 heterocycles. The third kappa shape index (κ3) is 3.99. The summed E-state index contributed by atoms with van der Waals surface area (Å²) in [6.07, 6.45) is 2.86. The number of hydrogen-bond acceptors (Lipinski definition) is 7. The largest absolute Gasteiger partial charge is 0.459 e. The number of nitrogens with zero attached hydrogens (tertiary/aromatic N) is 2. The van der Waals surface area contributed by atoms with Gasteiger partial charge in [0.25, 0.3) is 5.89 Å². The molecule has 2 aromatic carbocycles. The summed E-state index contributed by atoms with van der Waals surface area (Å²) >= 11 is 0. The van der Waals surface area contributed by atoms with E-state index in [9.17, 15) is 10.2 Å². The van der Waals surface area contributed by atoms with Gasteiger partial charge in [0.2, 0.25) is 5.82 Å². The summed E-state index contributed by atoms with van der Waals surface area (Å²) in [6.45, 7) is 3.32. The van der Waals surface area contributed by atoms with Crippen molar-refractivity contribution in [2.75, 3.05) is 13.2 Å². The Labute approximate surface area is 180 Å². The molecule has 2 aromatic heterocycles. The molecule has 0 amide bonds. The molecule has 4 rings (SSSR count). The fourth-order valence-corrected chi connectivity index (χ4v) is 3.63. The second kappa shape index (κ2) is 8.63. The van der Waals surface area contributed by atoms with Crippen LogP contribution in [-0.2, 0) is 18.4 Å². The van der Waals surface area contributed by atoms with Crippen LogP contribution in [0, 0.1) is 0 Å². The minimum Gasteiger partial charge on any atom is -0.459 e. The maximum absolute atomic E-state index is 9.60. The molecule has 0 aliphatic rings. The Hall–Kier alpha value is -3.00. The molecule has 0 spiro atoms. The summed E-state index contributed by atoms with van der Waals surface area (Å²) < 4.78 is 11.4. The lowest BCUT2D eigenvalue weighted by Gasteiger charge is -2.21. The second-order valence-electron chi connectivity index (χ2n) is 7.86. The number of aliphatic hydroxyl groups is 2. The summed E-state index contributed by atoms with van der Waals surface area (Å²) in [6, 6.07) is 13.8. The maximum Gasteiger partial charge on any atom is 0.258 e. The Morgan fingerprint density at radius 2 is 1.74 bits per heavy atom. The van der Waals surface area contributed by atoms with Crippen LogP contribution in [0.4, 0.5) is 0 Å². The number of aromatic nitrogens is 2. The third-order valence-electron chi connectivity index (χ3n) is 5.55. The Morgan fingerprint density at radius 1 is 1.00 bits per heavy atom. The monoisotopic (exact) mass is 421 g/mol. The van der Waals surface area contributed by atoms with E-state index < -0.39 is 18.8 Å². The van der Waals surface area contributed by atoms with Gasteiger partial charge >= 0.3 is 0 Å². The van der Waals surface area contributed by atoms with Crippen LogP contribution < -0.4 is 5.73 Å². The van der Waals surface area contributed by atoms with Gasteiger partial charge in [-0.3, -0.25) is 0 Å². The molecule has 0 unspecified atom stereocenters. The SMILES string of the molecule is CCCc1ccc(-c2nc(-c3cc(CC)c4oc(C(N)(CO)CO)cc4c3)no2)cc1. The molecule has 0 fully saturated rings. The highest BCUT2D eigenvalue weighted by Crippen LogP contribution is 2.33. The van der Waals surface area contributed by atoms with Crippen LogP contribution >= 0.6 is 0 Å². The lowest BCUT2D eigenvalue weighted by atomic mass is 9.99. The molecule has 0 aliphatic carbocycles. The summed E-state index contributed by atoms with van der Waals surface area (Å²) in [5.41, 5.74) is 9.32. The molecule has 0 saturated heterocycles. The minimum absolute atomic E-state index is 0.334. The highest BCUT2D eigenvalue weighted by molar-refractivity contribution is 5.86. The third-order valence-corrected chi connectivity index (χ3v) is 5.55. The van der Waals surface area contributed by atoms with Gasteiger partial charge in [-0.1, -0.05) is 37.6 Å². The number of rotatable bonds is 8. The molecule has 0 radical (unpaired) electrons. The van der Waals surface area contributed by atoms with Crippen molar-refractivity contribution in [2.24, 2.45) is 5.73 Å². The van der Waals surface area contributed by atoms with Crippen molar-refractivity contribution in [3.05, 3.63) is 59.4 Å². The molecule has 0 atom stereocenters. The summed E-state index contributed by atoms with van der Waals surface area (Å²) in [4.78, 5) is 4.58. The molecular formula is C24H27N3O4. The van der Waals surface area contributed by atoms with Crippen molar-refractivity contribution < 1.29 is 19.2 Å². The normalized spacial score (nSPS) is 12.0. The first-order valence-electron chi connectivity index (χ1n) is 10.5. The lowest BCUT2D eigenvalue weighted by Crippen LogP contribution is -2.43. The van der Waals surface area contributed by atoms with E-state index in [0.29, 0.717) is 23.1 Å². The molecule has 31 heavy (non-hydrogen) atoms.